The number of nitrogens with zero attached hydrogens (tertiary/aromatic N) is 2. The minimum atomic E-state index is -0.716. The molecule has 5 nitrogen and oxygen atoms in total. The maximum absolute atomic E-state index is 13.6. The second-order valence-electron chi connectivity index (χ2n) is 3.41. The summed E-state index contributed by atoms with van der Waals surface area (Å²) in [6.07, 6.45) is 1.34. The molecule has 0 saturated carbocycles. The molecule has 8 heteroatoms. The van der Waals surface area contributed by atoms with Gasteiger partial charge >= 0.3 is 5.69 Å². The summed E-state index contributed by atoms with van der Waals surface area (Å²) in [6.45, 7) is 0. The van der Waals surface area contributed by atoms with Crippen LogP contribution in [0.4, 0.5) is 10.1 Å². The molecule has 2 rings (SSSR count). The molecule has 0 aliphatic heterocycles. The zero-order chi connectivity index (χ0) is 14.0. The van der Waals surface area contributed by atoms with Gasteiger partial charge in [-0.1, -0.05) is 15.9 Å². The van der Waals surface area contributed by atoms with Gasteiger partial charge in [-0.25, -0.2) is 9.37 Å². The Morgan fingerprint density at radius 2 is 2.00 bits per heavy atom. The molecule has 0 aliphatic rings. The first-order chi connectivity index (χ1) is 8.97. The van der Waals surface area contributed by atoms with E-state index in [4.69, 9.17) is 4.74 Å². The van der Waals surface area contributed by atoms with E-state index in [1.807, 2.05) is 0 Å². The summed E-state index contributed by atoms with van der Waals surface area (Å²) < 4.78 is 19.7. The van der Waals surface area contributed by atoms with Gasteiger partial charge in [0.2, 0.25) is 5.75 Å². The molecule has 0 saturated heterocycles. The highest BCUT2D eigenvalue weighted by Crippen LogP contribution is 2.34. The lowest BCUT2D eigenvalue weighted by atomic mass is 10.3. The highest BCUT2D eigenvalue weighted by molar-refractivity contribution is 9.10. The lowest BCUT2D eigenvalue weighted by molar-refractivity contribution is -0.385. The fourth-order valence-electron chi connectivity index (χ4n) is 1.30. The summed E-state index contributed by atoms with van der Waals surface area (Å²) in [5.74, 6) is -1.12. The third-order valence-corrected chi connectivity index (χ3v) is 3.03. The van der Waals surface area contributed by atoms with E-state index < -0.39 is 10.7 Å². The summed E-state index contributed by atoms with van der Waals surface area (Å²) in [7, 11) is 0. The summed E-state index contributed by atoms with van der Waals surface area (Å²) >= 11 is 6.17. The molecule has 0 unspecified atom stereocenters. The molecule has 19 heavy (non-hydrogen) atoms. The lowest BCUT2D eigenvalue weighted by Crippen LogP contribution is -1.96. The zero-order valence-corrected chi connectivity index (χ0v) is 12.3. The van der Waals surface area contributed by atoms with Gasteiger partial charge in [0.1, 0.15) is 0 Å². The van der Waals surface area contributed by atoms with Crippen LogP contribution in [0.3, 0.4) is 0 Å². The third-order valence-electron chi connectivity index (χ3n) is 2.10. The molecule has 0 bridgehead atoms. The van der Waals surface area contributed by atoms with Gasteiger partial charge in [0.05, 0.1) is 4.92 Å². The molecule has 1 aromatic heterocycles. The molecular formula is C11H5Br2FN2O3. The topological polar surface area (TPSA) is 65.3 Å². The number of halogens is 3. The van der Waals surface area contributed by atoms with Crippen molar-refractivity contribution in [3.8, 4) is 11.6 Å². The number of hydrogen-bond donors (Lipinski definition) is 0. The number of ether oxygens (including phenoxy) is 1. The van der Waals surface area contributed by atoms with Crippen molar-refractivity contribution in [3.63, 3.8) is 0 Å². The van der Waals surface area contributed by atoms with E-state index in [2.05, 4.69) is 36.8 Å². The zero-order valence-electron chi connectivity index (χ0n) is 9.14. The van der Waals surface area contributed by atoms with E-state index in [1.165, 1.54) is 18.3 Å². The van der Waals surface area contributed by atoms with Crippen LogP contribution in [0.2, 0.25) is 0 Å². The molecule has 0 aliphatic carbocycles. The molecule has 1 aromatic carbocycles. The smallest absolute Gasteiger partial charge is 0.312 e. The van der Waals surface area contributed by atoms with Crippen LogP contribution in [-0.4, -0.2) is 9.91 Å². The van der Waals surface area contributed by atoms with Gasteiger partial charge in [-0.2, -0.15) is 0 Å². The quantitative estimate of drug-likeness (QED) is 0.572. The Morgan fingerprint density at radius 3 is 2.63 bits per heavy atom. The Kier molecular flexibility index (Phi) is 4.11. The van der Waals surface area contributed by atoms with Crippen molar-refractivity contribution in [2.75, 3.05) is 0 Å². The van der Waals surface area contributed by atoms with Crippen molar-refractivity contribution < 1.29 is 14.1 Å². The number of rotatable bonds is 3. The standard InChI is InChI=1S/C11H5Br2FN2O3/c12-6-1-2-10(9(4-6)16(17)18)19-11-8(14)3-7(13)5-15-11/h1-5H. The Labute approximate surface area is 123 Å². The molecule has 0 amide bonds. The predicted octanol–water partition coefficient (Wildman–Crippen LogP) is 4.45. The molecule has 98 valence electrons. The van der Waals surface area contributed by atoms with Crippen LogP contribution in [0.5, 0.6) is 11.6 Å². The van der Waals surface area contributed by atoms with Crippen LogP contribution in [0, 0.1) is 15.9 Å². The Hall–Kier alpha value is -1.54. The fraction of sp³-hybridized carbons (Fsp3) is 0. The second kappa shape index (κ2) is 5.62. The van der Waals surface area contributed by atoms with Crippen LogP contribution in [0.15, 0.2) is 39.4 Å². The second-order valence-corrected chi connectivity index (χ2v) is 5.24. The third kappa shape index (κ3) is 3.27. The lowest BCUT2D eigenvalue weighted by Gasteiger charge is -2.06. The van der Waals surface area contributed by atoms with E-state index in [0.29, 0.717) is 8.95 Å². The van der Waals surface area contributed by atoms with E-state index in [1.54, 1.807) is 6.07 Å². The largest absolute Gasteiger partial charge is 0.429 e. The number of aromatic nitrogens is 1. The van der Waals surface area contributed by atoms with Gasteiger partial charge in [0, 0.05) is 21.2 Å². The van der Waals surface area contributed by atoms with Crippen LogP contribution in [0.25, 0.3) is 0 Å². The maximum atomic E-state index is 13.6. The monoisotopic (exact) mass is 390 g/mol. The number of pyridine rings is 1. The van der Waals surface area contributed by atoms with E-state index in [0.717, 1.165) is 6.07 Å². The average molecular weight is 392 g/mol. The van der Waals surface area contributed by atoms with Crippen LogP contribution in [-0.2, 0) is 0 Å². The number of nitro groups is 1. The van der Waals surface area contributed by atoms with Gasteiger partial charge in [-0.05, 0) is 34.1 Å². The summed E-state index contributed by atoms with van der Waals surface area (Å²) in [5.41, 5.74) is -0.279. The number of hydrogen-bond acceptors (Lipinski definition) is 4. The van der Waals surface area contributed by atoms with Gasteiger partial charge in [-0.15, -0.1) is 0 Å². The normalized spacial score (nSPS) is 10.3. The molecule has 0 fully saturated rings. The molecule has 0 N–H and O–H groups in total. The van der Waals surface area contributed by atoms with Crippen molar-refractivity contribution in [1.29, 1.82) is 0 Å². The summed E-state index contributed by atoms with van der Waals surface area (Å²) in [5, 5.41) is 10.9. The van der Waals surface area contributed by atoms with E-state index >= 15 is 0 Å². The molecule has 0 atom stereocenters. The number of nitro benzene ring substituents is 1. The summed E-state index contributed by atoms with van der Waals surface area (Å²) in [4.78, 5) is 14.0. The van der Waals surface area contributed by atoms with Gasteiger partial charge in [0.25, 0.3) is 5.88 Å². The molecule has 0 spiro atoms. The minimum Gasteiger partial charge on any atom is -0.429 e. The molecule has 1 heterocycles. The Bertz CT molecular complexity index is 652. The van der Waals surface area contributed by atoms with E-state index in [9.17, 15) is 14.5 Å². The first kappa shape index (κ1) is 13.9. The fourth-order valence-corrected chi connectivity index (χ4v) is 1.95. The van der Waals surface area contributed by atoms with Crippen molar-refractivity contribution in [1.82, 2.24) is 4.98 Å². The van der Waals surface area contributed by atoms with Gasteiger partial charge in [-0.3, -0.25) is 10.1 Å². The van der Waals surface area contributed by atoms with Crippen LogP contribution < -0.4 is 4.74 Å². The molecular weight excluding hydrogens is 387 g/mol. The van der Waals surface area contributed by atoms with Crippen molar-refractivity contribution in [3.05, 3.63) is 55.3 Å². The van der Waals surface area contributed by atoms with Crippen molar-refractivity contribution in [2.45, 2.75) is 0 Å². The van der Waals surface area contributed by atoms with Gasteiger partial charge in [0.15, 0.2) is 5.82 Å². The van der Waals surface area contributed by atoms with Crippen molar-refractivity contribution >= 4 is 37.5 Å². The van der Waals surface area contributed by atoms with Gasteiger partial charge < -0.3 is 4.74 Å². The first-order valence-corrected chi connectivity index (χ1v) is 6.49. The minimum absolute atomic E-state index is 0.0816. The Balaban J connectivity index is 2.40. The molecule has 0 radical (unpaired) electrons. The highest BCUT2D eigenvalue weighted by Gasteiger charge is 2.18. The highest BCUT2D eigenvalue weighted by atomic mass is 79.9. The first-order valence-electron chi connectivity index (χ1n) is 4.90. The van der Waals surface area contributed by atoms with Crippen LogP contribution in [0.1, 0.15) is 0 Å². The van der Waals surface area contributed by atoms with E-state index in [-0.39, 0.29) is 17.3 Å². The maximum Gasteiger partial charge on any atom is 0.312 e. The molecule has 2 aromatic rings. The average Bonchev–Trinajstić information content (AvgIpc) is 2.34. The van der Waals surface area contributed by atoms with Crippen molar-refractivity contribution in [2.24, 2.45) is 0 Å². The predicted molar refractivity (Wildman–Crippen MR) is 72.8 cm³/mol. The van der Waals surface area contributed by atoms with Crippen LogP contribution >= 0.6 is 31.9 Å². The SMILES string of the molecule is O=[N+]([O-])c1cc(Br)ccc1Oc1ncc(Br)cc1F. The number of benzene rings is 1. The Morgan fingerprint density at radius 1 is 1.26 bits per heavy atom. The summed E-state index contributed by atoms with van der Waals surface area (Å²) in [6, 6.07) is 5.35.